The molecule has 0 amide bonds. The summed E-state index contributed by atoms with van der Waals surface area (Å²) in [6.07, 6.45) is 6.30. The summed E-state index contributed by atoms with van der Waals surface area (Å²) in [6, 6.07) is 6.59. The van der Waals surface area contributed by atoms with Gasteiger partial charge in [0.25, 0.3) is 0 Å². The van der Waals surface area contributed by atoms with Crippen LogP contribution in [0.25, 0.3) is 16.6 Å². The maximum absolute atomic E-state index is 5.77. The Kier molecular flexibility index (Phi) is 5.26. The Hall–Kier alpha value is -2.71. The zero-order valence-electron chi connectivity index (χ0n) is 17.5. The van der Waals surface area contributed by atoms with Crippen LogP contribution in [0.2, 0.25) is 0 Å². The summed E-state index contributed by atoms with van der Waals surface area (Å²) in [5.41, 5.74) is 4.04. The van der Waals surface area contributed by atoms with Gasteiger partial charge in [0, 0.05) is 25.6 Å². The average molecular weight is 409 g/mol. The fourth-order valence-electron chi connectivity index (χ4n) is 4.58. The number of nitrogens with one attached hydrogen (secondary N) is 2. The minimum Gasteiger partial charge on any atom is -0.494 e. The maximum atomic E-state index is 5.77. The number of fused-ring (bicyclic) bond motifs is 1. The van der Waals surface area contributed by atoms with E-state index in [2.05, 4.69) is 39.1 Å². The monoisotopic (exact) mass is 408 g/mol. The molecule has 2 saturated heterocycles. The molecular formula is C22H28N6O2. The molecule has 5 rings (SSSR count). The molecule has 0 aliphatic carbocycles. The van der Waals surface area contributed by atoms with E-state index in [1.165, 1.54) is 12.0 Å². The number of rotatable bonds is 5. The number of nitrogens with zero attached hydrogens (tertiary/aromatic N) is 4. The van der Waals surface area contributed by atoms with Crippen molar-refractivity contribution in [3.05, 3.63) is 35.7 Å². The minimum atomic E-state index is 0.277. The van der Waals surface area contributed by atoms with E-state index in [1.54, 1.807) is 11.8 Å². The maximum Gasteiger partial charge on any atom is 0.145 e. The summed E-state index contributed by atoms with van der Waals surface area (Å²) in [4.78, 5) is 4.82. The molecule has 2 aliphatic heterocycles. The minimum absolute atomic E-state index is 0.277. The zero-order chi connectivity index (χ0) is 20.5. The van der Waals surface area contributed by atoms with E-state index in [-0.39, 0.29) is 6.04 Å². The smallest absolute Gasteiger partial charge is 0.145 e. The second-order valence-electron chi connectivity index (χ2n) is 8.01. The lowest BCUT2D eigenvalue weighted by molar-refractivity contribution is 0.0856. The van der Waals surface area contributed by atoms with E-state index in [4.69, 9.17) is 14.5 Å². The van der Waals surface area contributed by atoms with Crippen LogP contribution in [-0.2, 0) is 4.74 Å². The molecule has 4 heterocycles. The van der Waals surface area contributed by atoms with Gasteiger partial charge in [0.2, 0.25) is 0 Å². The Bertz CT molecular complexity index is 1040. The van der Waals surface area contributed by atoms with E-state index < -0.39 is 0 Å². The Balaban J connectivity index is 1.61. The van der Waals surface area contributed by atoms with Crippen molar-refractivity contribution in [2.45, 2.75) is 37.6 Å². The predicted molar refractivity (Wildman–Crippen MR) is 116 cm³/mol. The first kappa shape index (κ1) is 19.3. The molecule has 1 aromatic carbocycles. The number of ether oxygens (including phenoxy) is 2. The van der Waals surface area contributed by atoms with Gasteiger partial charge < -0.3 is 20.1 Å². The molecular weight excluding hydrogens is 380 g/mol. The average Bonchev–Trinajstić information content (AvgIpc) is 3.50. The molecule has 3 aromatic rings. The third-order valence-electron chi connectivity index (χ3n) is 6.23. The van der Waals surface area contributed by atoms with Gasteiger partial charge in [-0.1, -0.05) is 5.21 Å². The Labute approximate surface area is 176 Å². The first-order chi connectivity index (χ1) is 14.8. The Morgan fingerprint density at radius 3 is 2.80 bits per heavy atom. The van der Waals surface area contributed by atoms with Crippen molar-refractivity contribution in [3.63, 3.8) is 0 Å². The van der Waals surface area contributed by atoms with E-state index in [0.717, 1.165) is 72.9 Å². The van der Waals surface area contributed by atoms with Crippen LogP contribution in [0.15, 0.2) is 24.4 Å². The molecule has 2 N–H and O–H groups in total. The van der Waals surface area contributed by atoms with Gasteiger partial charge in [-0.05, 0) is 61.9 Å². The van der Waals surface area contributed by atoms with Gasteiger partial charge in [-0.2, -0.15) is 0 Å². The second-order valence-corrected chi connectivity index (χ2v) is 8.01. The number of aromatic nitrogens is 4. The number of pyridine rings is 1. The van der Waals surface area contributed by atoms with Crippen LogP contribution < -0.4 is 15.4 Å². The van der Waals surface area contributed by atoms with Crippen molar-refractivity contribution >= 4 is 16.7 Å². The summed E-state index contributed by atoms with van der Waals surface area (Å²) in [6.45, 7) is 2.63. The van der Waals surface area contributed by atoms with Crippen LogP contribution in [-0.4, -0.2) is 53.9 Å². The molecule has 0 unspecified atom stereocenters. The van der Waals surface area contributed by atoms with E-state index in [0.29, 0.717) is 5.92 Å². The largest absolute Gasteiger partial charge is 0.494 e. The number of hydrogen-bond donors (Lipinski definition) is 2. The topological polar surface area (TPSA) is 86.1 Å². The van der Waals surface area contributed by atoms with Crippen LogP contribution in [0.1, 0.15) is 48.9 Å². The highest BCUT2D eigenvalue weighted by atomic mass is 16.5. The van der Waals surface area contributed by atoms with Crippen molar-refractivity contribution in [1.82, 2.24) is 25.3 Å². The molecule has 8 heteroatoms. The van der Waals surface area contributed by atoms with Gasteiger partial charge in [-0.15, -0.1) is 5.10 Å². The number of benzene rings is 1. The molecule has 1 atom stereocenters. The van der Waals surface area contributed by atoms with E-state index >= 15 is 0 Å². The predicted octanol–water partition coefficient (Wildman–Crippen LogP) is 3.18. The second kappa shape index (κ2) is 8.20. The van der Waals surface area contributed by atoms with Crippen molar-refractivity contribution in [3.8, 4) is 11.4 Å². The standard InChI is InChI=1S/C22H28N6O2/c1-23-22-11-15(14-5-8-30-9-6-14)16-10-21(29-2)20(12-18(16)25-22)28-13-19(26-27-28)17-4-3-7-24-17/h10-14,17,24H,3-9H2,1-2H3,(H,23,25)/t17-/m1/s1. The lowest BCUT2D eigenvalue weighted by atomic mass is 9.89. The van der Waals surface area contributed by atoms with Crippen LogP contribution in [0.4, 0.5) is 5.82 Å². The highest BCUT2D eigenvalue weighted by molar-refractivity contribution is 5.88. The van der Waals surface area contributed by atoms with Crippen molar-refractivity contribution in [2.24, 2.45) is 0 Å². The molecule has 0 saturated carbocycles. The van der Waals surface area contributed by atoms with Crippen LogP contribution >= 0.6 is 0 Å². The molecule has 2 aromatic heterocycles. The summed E-state index contributed by atoms with van der Waals surface area (Å²) in [5, 5.41) is 16.6. The Morgan fingerprint density at radius 2 is 2.07 bits per heavy atom. The quantitative estimate of drug-likeness (QED) is 0.670. The summed E-state index contributed by atoms with van der Waals surface area (Å²) >= 11 is 0. The molecule has 2 fully saturated rings. The number of methoxy groups -OCH3 is 1. The summed E-state index contributed by atoms with van der Waals surface area (Å²) < 4.78 is 13.1. The molecule has 2 aliphatic rings. The number of hydrogen-bond acceptors (Lipinski definition) is 7. The molecule has 158 valence electrons. The first-order valence-corrected chi connectivity index (χ1v) is 10.7. The van der Waals surface area contributed by atoms with Crippen LogP contribution in [0, 0.1) is 0 Å². The van der Waals surface area contributed by atoms with Crippen LogP contribution in [0.3, 0.4) is 0 Å². The lowest BCUT2D eigenvalue weighted by Crippen LogP contribution is -2.15. The van der Waals surface area contributed by atoms with Crippen molar-refractivity contribution in [2.75, 3.05) is 39.2 Å². The molecule has 30 heavy (non-hydrogen) atoms. The van der Waals surface area contributed by atoms with Crippen molar-refractivity contribution in [1.29, 1.82) is 0 Å². The first-order valence-electron chi connectivity index (χ1n) is 10.7. The van der Waals surface area contributed by atoms with Gasteiger partial charge in [0.15, 0.2) is 0 Å². The van der Waals surface area contributed by atoms with E-state index in [9.17, 15) is 0 Å². The van der Waals surface area contributed by atoms with Gasteiger partial charge in [0.1, 0.15) is 22.9 Å². The lowest BCUT2D eigenvalue weighted by Gasteiger charge is -2.24. The zero-order valence-corrected chi connectivity index (χ0v) is 17.5. The molecule has 8 nitrogen and oxygen atoms in total. The highest BCUT2D eigenvalue weighted by Gasteiger charge is 2.23. The third-order valence-corrected chi connectivity index (χ3v) is 6.23. The van der Waals surface area contributed by atoms with E-state index in [1.807, 2.05) is 13.2 Å². The molecule has 0 spiro atoms. The SMILES string of the molecule is CNc1cc(C2CCOCC2)c2cc(OC)c(-n3cc([C@H]4CCCN4)nn3)cc2n1. The fraction of sp³-hybridized carbons (Fsp3) is 0.500. The van der Waals surface area contributed by atoms with Gasteiger partial charge in [0.05, 0.1) is 24.9 Å². The Morgan fingerprint density at radius 1 is 1.20 bits per heavy atom. The summed E-state index contributed by atoms with van der Waals surface area (Å²) in [7, 11) is 3.61. The molecule has 0 bridgehead atoms. The summed E-state index contributed by atoms with van der Waals surface area (Å²) in [5.74, 6) is 2.10. The molecule has 0 radical (unpaired) electrons. The van der Waals surface area contributed by atoms with Crippen molar-refractivity contribution < 1.29 is 9.47 Å². The highest BCUT2D eigenvalue weighted by Crippen LogP contribution is 2.37. The third kappa shape index (κ3) is 3.50. The van der Waals surface area contributed by atoms with Crippen LogP contribution in [0.5, 0.6) is 5.75 Å². The number of anilines is 1. The fourth-order valence-corrected chi connectivity index (χ4v) is 4.58. The normalized spacial score (nSPS) is 20.0. The van der Waals surface area contributed by atoms with Gasteiger partial charge >= 0.3 is 0 Å². The van der Waals surface area contributed by atoms with Gasteiger partial charge in [-0.25, -0.2) is 9.67 Å². The van der Waals surface area contributed by atoms with Gasteiger partial charge in [-0.3, -0.25) is 0 Å².